The van der Waals surface area contributed by atoms with Gasteiger partial charge < -0.3 is 19.7 Å². The van der Waals surface area contributed by atoms with Crippen LogP contribution in [0.1, 0.15) is 19.7 Å². The monoisotopic (exact) mass is 353 g/mol. The molecule has 1 unspecified atom stereocenters. The number of ether oxygens (including phenoxy) is 1. The van der Waals surface area contributed by atoms with Gasteiger partial charge in [-0.2, -0.15) is 0 Å². The van der Waals surface area contributed by atoms with Gasteiger partial charge in [0.2, 0.25) is 5.91 Å². The van der Waals surface area contributed by atoms with E-state index in [-0.39, 0.29) is 12.5 Å². The number of rotatable bonds is 7. The molecule has 0 saturated carbocycles. The van der Waals surface area contributed by atoms with Crippen molar-refractivity contribution in [1.82, 2.24) is 9.55 Å². The Bertz CT molecular complexity index is 887. The largest absolute Gasteiger partial charge is 0.491 e. The van der Waals surface area contributed by atoms with Gasteiger partial charge in [-0.15, -0.1) is 0 Å². The van der Waals surface area contributed by atoms with E-state index < -0.39 is 6.10 Å². The highest BCUT2D eigenvalue weighted by molar-refractivity contribution is 5.88. The first kappa shape index (κ1) is 17.9. The molecule has 136 valence electrons. The second-order valence-electron chi connectivity index (χ2n) is 6.15. The minimum absolute atomic E-state index is 0.117. The van der Waals surface area contributed by atoms with Gasteiger partial charge in [0, 0.05) is 19.0 Å². The molecule has 0 fully saturated rings. The van der Waals surface area contributed by atoms with Crippen LogP contribution in [0.15, 0.2) is 48.5 Å². The van der Waals surface area contributed by atoms with Crippen LogP contribution >= 0.6 is 0 Å². The van der Waals surface area contributed by atoms with Crippen LogP contribution in [-0.2, 0) is 17.8 Å². The average Bonchev–Trinajstić information content (AvgIpc) is 2.98. The van der Waals surface area contributed by atoms with Crippen molar-refractivity contribution >= 4 is 22.6 Å². The molecule has 26 heavy (non-hydrogen) atoms. The number of fused-ring (bicyclic) bond motifs is 1. The Kier molecular flexibility index (Phi) is 5.53. The van der Waals surface area contributed by atoms with E-state index >= 15 is 0 Å². The highest BCUT2D eigenvalue weighted by Gasteiger charge is 2.13. The Morgan fingerprint density at radius 1 is 1.23 bits per heavy atom. The number of hydrogen-bond donors (Lipinski definition) is 2. The van der Waals surface area contributed by atoms with Gasteiger partial charge in [-0.25, -0.2) is 4.98 Å². The van der Waals surface area contributed by atoms with Gasteiger partial charge in [0.25, 0.3) is 0 Å². The van der Waals surface area contributed by atoms with Crippen LogP contribution in [0.2, 0.25) is 0 Å². The number of amides is 1. The van der Waals surface area contributed by atoms with E-state index in [4.69, 9.17) is 4.74 Å². The van der Waals surface area contributed by atoms with E-state index in [0.29, 0.717) is 18.0 Å². The molecule has 0 spiro atoms. The molecule has 1 heterocycles. The molecule has 6 heteroatoms. The van der Waals surface area contributed by atoms with Crippen LogP contribution in [0.3, 0.4) is 0 Å². The summed E-state index contributed by atoms with van der Waals surface area (Å²) in [5.41, 5.74) is 2.66. The molecule has 1 amide bonds. The Balaban J connectivity index is 1.62. The highest BCUT2D eigenvalue weighted by Crippen LogP contribution is 2.18. The lowest BCUT2D eigenvalue weighted by molar-refractivity contribution is -0.114. The standard InChI is InChI=1S/C20H23N3O3/c1-3-20-22-18-6-4-5-7-19(18)23(20)12-16(25)13-26-17-10-8-15(9-11-17)21-14(2)24/h4-11,16,25H,3,12-13H2,1-2H3,(H,21,24). The van der Waals surface area contributed by atoms with Gasteiger partial charge in [-0.1, -0.05) is 19.1 Å². The van der Waals surface area contributed by atoms with Gasteiger partial charge in [0.05, 0.1) is 17.6 Å². The summed E-state index contributed by atoms with van der Waals surface area (Å²) in [6.07, 6.45) is 0.139. The molecule has 0 aliphatic rings. The van der Waals surface area contributed by atoms with Crippen molar-refractivity contribution in [2.24, 2.45) is 0 Å². The molecule has 1 aromatic heterocycles. The molecule has 0 radical (unpaired) electrons. The first-order chi connectivity index (χ1) is 12.6. The molecule has 0 saturated heterocycles. The van der Waals surface area contributed by atoms with Crippen molar-refractivity contribution in [2.75, 3.05) is 11.9 Å². The van der Waals surface area contributed by atoms with Gasteiger partial charge in [-0.3, -0.25) is 4.79 Å². The number of anilines is 1. The van der Waals surface area contributed by atoms with Crippen LogP contribution in [-0.4, -0.2) is 33.3 Å². The SMILES string of the molecule is CCc1nc2ccccc2n1CC(O)COc1ccc(NC(C)=O)cc1. The first-order valence-corrected chi connectivity index (χ1v) is 8.69. The molecular weight excluding hydrogens is 330 g/mol. The molecule has 0 aliphatic heterocycles. The molecule has 2 N–H and O–H groups in total. The number of benzene rings is 2. The number of para-hydroxylation sites is 2. The number of aliphatic hydroxyl groups excluding tert-OH is 1. The second-order valence-corrected chi connectivity index (χ2v) is 6.15. The third kappa shape index (κ3) is 4.21. The Morgan fingerprint density at radius 2 is 1.96 bits per heavy atom. The first-order valence-electron chi connectivity index (χ1n) is 8.69. The molecule has 0 aliphatic carbocycles. The smallest absolute Gasteiger partial charge is 0.221 e. The molecule has 1 atom stereocenters. The minimum atomic E-state index is -0.659. The normalized spacial score (nSPS) is 12.1. The van der Waals surface area contributed by atoms with Gasteiger partial charge in [0.15, 0.2) is 0 Å². The van der Waals surface area contributed by atoms with Gasteiger partial charge in [0.1, 0.15) is 24.3 Å². The maximum atomic E-state index is 11.0. The zero-order valence-corrected chi connectivity index (χ0v) is 15.0. The van der Waals surface area contributed by atoms with E-state index in [9.17, 15) is 9.90 Å². The number of carbonyl (C=O) groups is 1. The fraction of sp³-hybridized carbons (Fsp3) is 0.300. The minimum Gasteiger partial charge on any atom is -0.491 e. The Morgan fingerprint density at radius 3 is 2.65 bits per heavy atom. The van der Waals surface area contributed by atoms with E-state index in [1.165, 1.54) is 6.92 Å². The Labute approximate surface area is 152 Å². The average molecular weight is 353 g/mol. The van der Waals surface area contributed by atoms with Crippen LogP contribution in [0.4, 0.5) is 5.69 Å². The van der Waals surface area contributed by atoms with Crippen molar-refractivity contribution in [3.05, 3.63) is 54.4 Å². The quantitative estimate of drug-likeness (QED) is 0.685. The van der Waals surface area contributed by atoms with E-state index in [0.717, 1.165) is 23.3 Å². The molecule has 3 aromatic rings. The maximum Gasteiger partial charge on any atom is 0.221 e. The van der Waals surface area contributed by atoms with Crippen LogP contribution in [0, 0.1) is 0 Å². The lowest BCUT2D eigenvalue weighted by Crippen LogP contribution is -2.24. The third-order valence-electron chi connectivity index (χ3n) is 4.06. The number of aryl methyl sites for hydroxylation is 1. The molecule has 0 bridgehead atoms. The van der Waals surface area contributed by atoms with Crippen LogP contribution in [0.5, 0.6) is 5.75 Å². The van der Waals surface area contributed by atoms with Crippen LogP contribution in [0.25, 0.3) is 11.0 Å². The van der Waals surface area contributed by atoms with Gasteiger partial charge >= 0.3 is 0 Å². The van der Waals surface area contributed by atoms with Crippen LogP contribution < -0.4 is 10.1 Å². The molecule has 3 rings (SSSR count). The summed E-state index contributed by atoms with van der Waals surface area (Å²) in [4.78, 5) is 15.6. The number of nitrogens with zero attached hydrogens (tertiary/aromatic N) is 2. The highest BCUT2D eigenvalue weighted by atomic mass is 16.5. The number of aromatic nitrogens is 2. The number of hydrogen-bond acceptors (Lipinski definition) is 4. The predicted molar refractivity (Wildman–Crippen MR) is 101 cm³/mol. The zero-order chi connectivity index (χ0) is 18.5. The maximum absolute atomic E-state index is 11.0. The van der Waals surface area contributed by atoms with Crippen molar-refractivity contribution < 1.29 is 14.6 Å². The number of aliphatic hydroxyl groups is 1. The van der Waals surface area contributed by atoms with Crippen molar-refractivity contribution in [2.45, 2.75) is 32.9 Å². The van der Waals surface area contributed by atoms with Crippen molar-refractivity contribution in [1.29, 1.82) is 0 Å². The fourth-order valence-electron chi connectivity index (χ4n) is 2.89. The van der Waals surface area contributed by atoms with Crippen molar-refractivity contribution in [3.63, 3.8) is 0 Å². The van der Waals surface area contributed by atoms with E-state index in [1.54, 1.807) is 24.3 Å². The summed E-state index contributed by atoms with van der Waals surface area (Å²) in [6, 6.07) is 15.0. The number of carbonyl (C=O) groups excluding carboxylic acids is 1. The summed E-state index contributed by atoms with van der Waals surface area (Å²) in [5, 5.41) is 13.1. The van der Waals surface area contributed by atoms with E-state index in [1.807, 2.05) is 28.8 Å². The third-order valence-corrected chi connectivity index (χ3v) is 4.06. The molecule has 2 aromatic carbocycles. The summed E-state index contributed by atoms with van der Waals surface area (Å²) in [6.45, 7) is 4.12. The molecular formula is C20H23N3O3. The number of nitrogens with one attached hydrogen (secondary N) is 1. The predicted octanol–water partition coefficient (Wildman–Crippen LogP) is 3.00. The van der Waals surface area contributed by atoms with Gasteiger partial charge in [-0.05, 0) is 36.4 Å². The fourth-order valence-corrected chi connectivity index (χ4v) is 2.89. The zero-order valence-electron chi connectivity index (χ0n) is 15.0. The topological polar surface area (TPSA) is 76.4 Å². The number of imidazole rings is 1. The summed E-state index contributed by atoms with van der Waals surface area (Å²) in [5.74, 6) is 1.47. The van der Waals surface area contributed by atoms with Crippen molar-refractivity contribution in [3.8, 4) is 5.75 Å². The Hall–Kier alpha value is -2.86. The lowest BCUT2D eigenvalue weighted by Gasteiger charge is -2.15. The second kappa shape index (κ2) is 8.01. The summed E-state index contributed by atoms with van der Waals surface area (Å²) >= 11 is 0. The summed E-state index contributed by atoms with van der Waals surface area (Å²) in [7, 11) is 0. The van der Waals surface area contributed by atoms with E-state index in [2.05, 4.69) is 17.2 Å². The lowest BCUT2D eigenvalue weighted by atomic mass is 10.3. The summed E-state index contributed by atoms with van der Waals surface area (Å²) < 4.78 is 7.71. The molecule has 6 nitrogen and oxygen atoms in total.